The Bertz CT molecular complexity index is 146. The van der Waals surface area contributed by atoms with Gasteiger partial charge in [-0.1, -0.05) is 51.7 Å². The van der Waals surface area contributed by atoms with Crippen molar-refractivity contribution < 1.29 is 0 Å². The zero-order chi connectivity index (χ0) is 9.52. The fourth-order valence-corrected chi connectivity index (χ4v) is 2.33. The summed E-state index contributed by atoms with van der Waals surface area (Å²) < 4.78 is 0. The summed E-state index contributed by atoms with van der Waals surface area (Å²) in [5.41, 5.74) is 0. The molecule has 0 aromatic carbocycles. The standard InChI is InChI=1S/C13H24/c1-3-5-8-12-10-7-11-13(12)9-6-4-2/h7,10,12-13H,3-6,8-9,11H2,1-2H3/t12-,13-/m0/s1. The molecular weight excluding hydrogens is 156 g/mol. The van der Waals surface area contributed by atoms with Crippen molar-refractivity contribution in [1.82, 2.24) is 0 Å². The van der Waals surface area contributed by atoms with E-state index in [0.717, 1.165) is 11.8 Å². The van der Waals surface area contributed by atoms with E-state index in [4.69, 9.17) is 0 Å². The van der Waals surface area contributed by atoms with Crippen LogP contribution in [0.15, 0.2) is 12.2 Å². The summed E-state index contributed by atoms with van der Waals surface area (Å²) in [6, 6.07) is 0. The van der Waals surface area contributed by atoms with E-state index in [1.807, 2.05) is 0 Å². The lowest BCUT2D eigenvalue weighted by atomic mass is 9.87. The smallest absolute Gasteiger partial charge is 0.0202 e. The summed E-state index contributed by atoms with van der Waals surface area (Å²) in [4.78, 5) is 0. The van der Waals surface area contributed by atoms with Gasteiger partial charge in [0.25, 0.3) is 0 Å². The molecule has 13 heavy (non-hydrogen) atoms. The molecule has 0 saturated heterocycles. The van der Waals surface area contributed by atoms with E-state index in [0.29, 0.717) is 0 Å². The van der Waals surface area contributed by atoms with Crippen molar-refractivity contribution in [2.24, 2.45) is 11.8 Å². The number of unbranched alkanes of at least 4 members (excludes halogenated alkanes) is 2. The maximum atomic E-state index is 2.47. The van der Waals surface area contributed by atoms with Crippen LogP contribution in [0.1, 0.15) is 58.8 Å². The van der Waals surface area contributed by atoms with Crippen molar-refractivity contribution in [2.75, 3.05) is 0 Å². The number of allylic oxidation sites excluding steroid dienone is 2. The highest BCUT2D eigenvalue weighted by Gasteiger charge is 2.20. The van der Waals surface area contributed by atoms with E-state index in [-0.39, 0.29) is 0 Å². The number of hydrogen-bond acceptors (Lipinski definition) is 0. The predicted molar refractivity (Wildman–Crippen MR) is 59.8 cm³/mol. The Hall–Kier alpha value is -0.260. The minimum atomic E-state index is 0.923. The molecule has 0 aromatic heterocycles. The van der Waals surface area contributed by atoms with Crippen LogP contribution in [-0.4, -0.2) is 0 Å². The van der Waals surface area contributed by atoms with Crippen LogP contribution in [0.5, 0.6) is 0 Å². The second-order valence-corrected chi connectivity index (χ2v) is 4.37. The summed E-state index contributed by atoms with van der Waals surface area (Å²) in [5.74, 6) is 1.91. The van der Waals surface area contributed by atoms with E-state index in [2.05, 4.69) is 26.0 Å². The number of hydrogen-bond donors (Lipinski definition) is 0. The van der Waals surface area contributed by atoms with Gasteiger partial charge >= 0.3 is 0 Å². The Morgan fingerprint density at radius 3 is 2.46 bits per heavy atom. The summed E-state index contributed by atoms with van der Waals surface area (Å²) in [6.45, 7) is 4.59. The monoisotopic (exact) mass is 180 g/mol. The third-order valence-electron chi connectivity index (χ3n) is 3.25. The third kappa shape index (κ3) is 3.54. The largest absolute Gasteiger partial charge is 0.0880 e. The molecule has 0 spiro atoms. The highest BCUT2D eigenvalue weighted by molar-refractivity contribution is 5.00. The van der Waals surface area contributed by atoms with Crippen LogP contribution in [0.4, 0.5) is 0 Å². The Balaban J connectivity index is 2.21. The molecule has 0 aliphatic heterocycles. The van der Waals surface area contributed by atoms with Gasteiger partial charge in [0.2, 0.25) is 0 Å². The van der Waals surface area contributed by atoms with Gasteiger partial charge in [-0.2, -0.15) is 0 Å². The quantitative estimate of drug-likeness (QED) is 0.526. The summed E-state index contributed by atoms with van der Waals surface area (Å²) >= 11 is 0. The first-order chi connectivity index (χ1) is 6.38. The molecule has 0 nitrogen and oxygen atoms in total. The molecule has 0 unspecified atom stereocenters. The number of rotatable bonds is 6. The molecule has 0 heteroatoms. The van der Waals surface area contributed by atoms with Crippen molar-refractivity contribution in [2.45, 2.75) is 58.8 Å². The molecular formula is C13H24. The van der Waals surface area contributed by atoms with Crippen LogP contribution in [0.3, 0.4) is 0 Å². The average Bonchev–Trinajstić information content (AvgIpc) is 2.59. The van der Waals surface area contributed by atoms with Gasteiger partial charge in [-0.25, -0.2) is 0 Å². The average molecular weight is 180 g/mol. The molecule has 1 rings (SSSR count). The van der Waals surface area contributed by atoms with Crippen molar-refractivity contribution in [3.05, 3.63) is 12.2 Å². The fraction of sp³-hybridized carbons (Fsp3) is 0.846. The maximum absolute atomic E-state index is 2.47. The van der Waals surface area contributed by atoms with Crippen molar-refractivity contribution in [3.8, 4) is 0 Å². The van der Waals surface area contributed by atoms with E-state index in [9.17, 15) is 0 Å². The molecule has 0 bridgehead atoms. The van der Waals surface area contributed by atoms with Crippen LogP contribution in [0.2, 0.25) is 0 Å². The molecule has 0 radical (unpaired) electrons. The van der Waals surface area contributed by atoms with Crippen LogP contribution in [0.25, 0.3) is 0 Å². The molecule has 0 heterocycles. The van der Waals surface area contributed by atoms with Crippen LogP contribution in [0, 0.1) is 11.8 Å². The molecule has 2 atom stereocenters. The van der Waals surface area contributed by atoms with Gasteiger partial charge in [-0.15, -0.1) is 0 Å². The van der Waals surface area contributed by atoms with Crippen molar-refractivity contribution >= 4 is 0 Å². The minimum Gasteiger partial charge on any atom is -0.0880 e. The Morgan fingerprint density at radius 2 is 1.77 bits per heavy atom. The summed E-state index contributed by atoms with van der Waals surface area (Å²) in [5, 5.41) is 0. The Morgan fingerprint density at radius 1 is 1.08 bits per heavy atom. The van der Waals surface area contributed by atoms with Gasteiger partial charge in [-0.3, -0.25) is 0 Å². The SMILES string of the molecule is CCCC[C@H]1CC=C[C@@H]1CCCC. The lowest BCUT2D eigenvalue weighted by Gasteiger charge is -2.18. The predicted octanol–water partition coefficient (Wildman–Crippen LogP) is 4.56. The second kappa shape index (κ2) is 6.23. The van der Waals surface area contributed by atoms with Gasteiger partial charge in [0.1, 0.15) is 0 Å². The molecule has 0 amide bonds. The molecule has 0 saturated carbocycles. The van der Waals surface area contributed by atoms with Crippen LogP contribution in [-0.2, 0) is 0 Å². The van der Waals surface area contributed by atoms with Gasteiger partial charge in [0, 0.05) is 0 Å². The Labute approximate surface area is 83.4 Å². The van der Waals surface area contributed by atoms with E-state index in [1.54, 1.807) is 0 Å². The van der Waals surface area contributed by atoms with Gasteiger partial charge in [0.05, 0.1) is 0 Å². The first kappa shape index (κ1) is 10.8. The molecule has 1 aliphatic carbocycles. The van der Waals surface area contributed by atoms with Crippen molar-refractivity contribution in [1.29, 1.82) is 0 Å². The molecule has 0 fully saturated rings. The molecule has 1 aliphatic rings. The summed E-state index contributed by atoms with van der Waals surface area (Å²) in [7, 11) is 0. The van der Waals surface area contributed by atoms with Gasteiger partial charge < -0.3 is 0 Å². The first-order valence-corrected chi connectivity index (χ1v) is 6.05. The van der Waals surface area contributed by atoms with Gasteiger partial charge in [-0.05, 0) is 31.1 Å². The Kier molecular flexibility index (Phi) is 5.19. The van der Waals surface area contributed by atoms with Crippen LogP contribution >= 0.6 is 0 Å². The topological polar surface area (TPSA) is 0 Å². The molecule has 0 aromatic rings. The highest BCUT2D eigenvalue weighted by atomic mass is 14.3. The third-order valence-corrected chi connectivity index (χ3v) is 3.25. The first-order valence-electron chi connectivity index (χ1n) is 6.05. The fourth-order valence-electron chi connectivity index (χ4n) is 2.33. The lowest BCUT2D eigenvalue weighted by molar-refractivity contribution is 0.359. The lowest BCUT2D eigenvalue weighted by Crippen LogP contribution is -2.07. The van der Waals surface area contributed by atoms with Crippen molar-refractivity contribution in [3.63, 3.8) is 0 Å². The van der Waals surface area contributed by atoms with Gasteiger partial charge in [0.15, 0.2) is 0 Å². The zero-order valence-electron chi connectivity index (χ0n) is 9.26. The second-order valence-electron chi connectivity index (χ2n) is 4.37. The minimum absolute atomic E-state index is 0.923. The molecule has 76 valence electrons. The molecule has 0 N–H and O–H groups in total. The zero-order valence-corrected chi connectivity index (χ0v) is 9.26. The van der Waals surface area contributed by atoms with E-state index in [1.165, 1.54) is 44.9 Å². The normalized spacial score (nSPS) is 26.9. The summed E-state index contributed by atoms with van der Waals surface area (Å²) in [6.07, 6.45) is 14.7. The van der Waals surface area contributed by atoms with Crippen LogP contribution < -0.4 is 0 Å². The highest BCUT2D eigenvalue weighted by Crippen LogP contribution is 2.33. The maximum Gasteiger partial charge on any atom is -0.0202 e. The van der Waals surface area contributed by atoms with E-state index < -0.39 is 0 Å². The van der Waals surface area contributed by atoms with E-state index >= 15 is 0 Å².